The molecule has 6 nitrogen and oxygen atoms in total. The molecule has 141 heavy (non-hydrogen) atoms. The van der Waals surface area contributed by atoms with E-state index in [9.17, 15) is 0 Å². The Bertz CT molecular complexity index is 10500. The third-order valence-corrected chi connectivity index (χ3v) is 32.7. The maximum absolute atomic E-state index is 2.43. The fourth-order valence-electron chi connectivity index (χ4n) is 22.8. The summed E-state index contributed by atoms with van der Waals surface area (Å²) >= 11 is 5.62. The van der Waals surface area contributed by atoms with Gasteiger partial charge < -0.3 is 27.4 Å². The van der Waals surface area contributed by atoms with Gasteiger partial charge in [0.25, 0.3) is 0 Å². The minimum absolute atomic E-state index is 1.16. The minimum Gasteiger partial charge on any atom is -0.309 e. The van der Waals surface area contributed by atoms with Gasteiger partial charge in [0.1, 0.15) is 0 Å². The van der Waals surface area contributed by atoms with Crippen LogP contribution in [0.3, 0.4) is 0 Å². The van der Waals surface area contributed by atoms with Gasteiger partial charge in [-0.25, -0.2) is 0 Å². The van der Waals surface area contributed by atoms with Crippen molar-refractivity contribution in [2.45, 2.75) is 0 Å². The average Bonchev–Trinajstić information content (AvgIpc) is 1.56. The van der Waals surface area contributed by atoms with Crippen molar-refractivity contribution in [3.63, 3.8) is 0 Å². The van der Waals surface area contributed by atoms with Crippen LogP contribution in [0.4, 0.5) is 0 Å². The van der Waals surface area contributed by atoms with Gasteiger partial charge >= 0.3 is 0 Å². The van der Waals surface area contributed by atoms with Crippen molar-refractivity contribution in [1.29, 1.82) is 0 Å². The second-order valence-electron chi connectivity index (χ2n) is 36.9. The summed E-state index contributed by atoms with van der Waals surface area (Å²) in [6, 6.07) is 182. The summed E-state index contributed by atoms with van der Waals surface area (Å²) in [7, 11) is 0. The van der Waals surface area contributed by atoms with Gasteiger partial charge in [-0.3, -0.25) is 0 Å². The molecular weight excluding hydrogens is 1770 g/mol. The van der Waals surface area contributed by atoms with Crippen LogP contribution in [0.15, 0.2) is 497 Å². The van der Waals surface area contributed by atoms with Crippen LogP contribution in [0.2, 0.25) is 0 Å². The molecule has 658 valence electrons. The molecule has 0 unspecified atom stereocenters. The van der Waals surface area contributed by atoms with Gasteiger partial charge in [-0.15, -0.1) is 34.0 Å². The van der Waals surface area contributed by atoms with Crippen molar-refractivity contribution < 1.29 is 0 Å². The summed E-state index contributed by atoms with van der Waals surface area (Å²) in [6.45, 7) is 0. The van der Waals surface area contributed by atoms with Crippen molar-refractivity contribution >= 4 is 225 Å². The van der Waals surface area contributed by atoms with Crippen molar-refractivity contribution in [2.24, 2.45) is 0 Å². The van der Waals surface area contributed by atoms with Crippen LogP contribution >= 0.6 is 34.0 Å². The predicted molar refractivity (Wildman–Crippen MR) is 606 cm³/mol. The Balaban J connectivity index is 0.000000102. The van der Waals surface area contributed by atoms with Gasteiger partial charge in [-0.05, 0) is 220 Å². The van der Waals surface area contributed by atoms with E-state index in [0.29, 0.717) is 0 Å². The van der Waals surface area contributed by atoms with Crippen molar-refractivity contribution in [2.75, 3.05) is 0 Å². The smallest absolute Gasteiger partial charge is 0.0548 e. The highest BCUT2D eigenvalue weighted by Crippen LogP contribution is 2.49. The zero-order chi connectivity index (χ0) is 92.4. The van der Waals surface area contributed by atoms with E-state index in [-0.39, 0.29) is 0 Å². The molecule has 31 rings (SSSR count). The third-order valence-electron chi connectivity index (χ3n) is 29.2. The number of aromatic nitrogens is 6. The summed E-state index contributed by atoms with van der Waals surface area (Å²) in [4.78, 5) is 0. The number of nitrogens with zero attached hydrogens (tertiary/aromatic N) is 6. The second kappa shape index (κ2) is 32.5. The molecule has 0 radical (unpaired) electrons. The Hall–Kier alpha value is -17.7. The van der Waals surface area contributed by atoms with Crippen LogP contribution < -0.4 is 0 Å². The first-order chi connectivity index (χ1) is 69.9. The second-order valence-corrected chi connectivity index (χ2v) is 40.1. The molecule has 0 amide bonds. The molecule has 0 saturated carbocycles. The molecule has 9 aromatic heterocycles. The number of para-hydroxylation sites is 9. The first-order valence-corrected chi connectivity index (χ1v) is 50.6. The quantitative estimate of drug-likeness (QED) is 0.131. The largest absolute Gasteiger partial charge is 0.309 e. The summed E-state index contributed by atoms with van der Waals surface area (Å²) in [5.74, 6) is 0. The lowest BCUT2D eigenvalue weighted by molar-refractivity contribution is 1.17. The van der Waals surface area contributed by atoms with Gasteiger partial charge in [-0.1, -0.05) is 322 Å². The van der Waals surface area contributed by atoms with E-state index in [0.717, 1.165) is 5.69 Å². The van der Waals surface area contributed by atoms with Crippen LogP contribution in [0.5, 0.6) is 0 Å². The Morgan fingerprint density at radius 2 is 0.362 bits per heavy atom. The van der Waals surface area contributed by atoms with Crippen molar-refractivity contribution in [3.05, 3.63) is 497 Å². The fourth-order valence-corrected chi connectivity index (χ4v) is 26.3. The van der Waals surface area contributed by atoms with Crippen LogP contribution in [0.25, 0.3) is 270 Å². The molecule has 0 saturated heterocycles. The van der Waals surface area contributed by atoms with E-state index in [1.54, 1.807) is 0 Å². The lowest BCUT2D eigenvalue weighted by Gasteiger charge is -2.11. The van der Waals surface area contributed by atoms with Gasteiger partial charge in [-0.2, -0.15) is 0 Å². The number of thiophene rings is 3. The molecule has 9 heterocycles. The molecule has 0 aliphatic heterocycles. The van der Waals surface area contributed by atoms with Gasteiger partial charge in [0.15, 0.2) is 0 Å². The molecule has 0 N–H and O–H groups in total. The molecule has 0 aliphatic carbocycles. The van der Waals surface area contributed by atoms with E-state index in [2.05, 4.69) is 525 Å². The molecular formula is C132H82N6S3. The topological polar surface area (TPSA) is 29.6 Å². The van der Waals surface area contributed by atoms with Gasteiger partial charge in [0.05, 0.1) is 66.2 Å². The van der Waals surface area contributed by atoms with Crippen LogP contribution in [-0.4, -0.2) is 27.4 Å². The normalized spacial score (nSPS) is 12.0. The van der Waals surface area contributed by atoms with Crippen molar-refractivity contribution in [1.82, 2.24) is 27.4 Å². The minimum atomic E-state index is 1.16. The molecule has 0 fully saturated rings. The Kier molecular flexibility index (Phi) is 18.6. The Labute approximate surface area is 822 Å². The fraction of sp³-hybridized carbons (Fsp3) is 0. The van der Waals surface area contributed by atoms with E-state index < -0.39 is 0 Å². The lowest BCUT2D eigenvalue weighted by Crippen LogP contribution is -1.94. The molecule has 22 aromatic carbocycles. The van der Waals surface area contributed by atoms with Gasteiger partial charge in [0.2, 0.25) is 0 Å². The molecule has 0 atom stereocenters. The number of benzene rings is 22. The highest BCUT2D eigenvalue weighted by atomic mass is 32.1. The number of hydrogen-bond acceptors (Lipinski definition) is 3. The van der Waals surface area contributed by atoms with Crippen molar-refractivity contribution in [3.8, 4) is 78.6 Å². The highest BCUT2D eigenvalue weighted by molar-refractivity contribution is 7.27. The molecule has 0 bridgehead atoms. The van der Waals surface area contributed by atoms with E-state index >= 15 is 0 Å². The van der Waals surface area contributed by atoms with E-state index in [4.69, 9.17) is 0 Å². The van der Waals surface area contributed by atoms with Crippen LogP contribution in [0.1, 0.15) is 0 Å². The SMILES string of the molecule is c1ccc(-n2c3ccccc3c3cc4c(cc32)c2ccccc2n4-c2ccc(-c3ccc(-c4cccc5c4sc4ccccc45)cc3)cc2)cc1.c1ccc(-n2c3ccccc3c3cc4c(cc32)c2ccccc2n4-c2ccc(-c3ccc4c(c3)sc3ccccc34)cc2)cc1.c1ccc(-n2c3ccccc3c3cc4c(cc32)c2ccccc2n4-c2ccc(-c3cccc4sc5ccccc5c34)cc2)cc1. The maximum Gasteiger partial charge on any atom is 0.0548 e. The van der Waals surface area contributed by atoms with E-state index in [1.165, 1.54) is 264 Å². The van der Waals surface area contributed by atoms with E-state index in [1.807, 2.05) is 34.0 Å². The zero-order valence-corrected chi connectivity index (χ0v) is 78.7. The first-order valence-electron chi connectivity index (χ1n) is 48.2. The summed E-state index contributed by atoms with van der Waals surface area (Å²) in [5.41, 5.74) is 31.6. The average molecular weight is 1850 g/mol. The molecule has 0 aliphatic rings. The standard InChI is InChI=1S/C48H30N2S.2C42H26N2S/c1-2-11-34(12-3-1)49-43-18-7-4-13-37(43)41-30-46-42(29-45(41)49)38-14-5-8-19-44(38)50(46)35-27-25-32(26-28-35)31-21-23-33(24-22-31)36-16-10-17-40-39-15-6-9-20-47(39)51-48(36)40;1-2-11-28(12-3-1)43-36-17-7-4-13-31(36)34-26-39-35(25-38(34)43)32-14-5-8-18-37(32)44(39)29-23-21-27(22-24-29)30-16-10-20-41-42(30)33-15-6-9-19-40(33)45-41;1-2-10-29(11-3-1)43-37-15-7-4-12-31(37)35-26-40-36(25-39(35)43)32-13-5-8-16-38(32)44(40)30-21-18-27(19-22-30)28-20-23-34-33-14-6-9-17-41(33)45-42(34)24-28/h1-30H;2*1-26H. The zero-order valence-electron chi connectivity index (χ0n) is 76.3. The van der Waals surface area contributed by atoms with Crippen LogP contribution in [0, 0.1) is 0 Å². The summed E-state index contributed by atoms with van der Waals surface area (Å²) < 4.78 is 22.5. The lowest BCUT2D eigenvalue weighted by atomic mass is 9.99. The van der Waals surface area contributed by atoms with Crippen LogP contribution in [-0.2, 0) is 0 Å². The molecule has 9 heteroatoms. The monoisotopic (exact) mass is 1850 g/mol. The summed E-state index contributed by atoms with van der Waals surface area (Å²) in [5, 5.41) is 23.2. The number of rotatable bonds is 10. The predicted octanol–water partition coefficient (Wildman–Crippen LogP) is 37.4. The maximum atomic E-state index is 2.43. The summed E-state index contributed by atoms with van der Waals surface area (Å²) in [6.07, 6.45) is 0. The first kappa shape index (κ1) is 80.6. The number of fused-ring (bicyclic) bond motifs is 27. The highest BCUT2D eigenvalue weighted by Gasteiger charge is 2.25. The van der Waals surface area contributed by atoms with Gasteiger partial charge in [0, 0.05) is 159 Å². The third kappa shape index (κ3) is 12.9. The Morgan fingerprint density at radius 3 is 0.752 bits per heavy atom. The molecule has 0 spiro atoms. The molecule has 31 aromatic rings. The Morgan fingerprint density at radius 1 is 0.121 bits per heavy atom. The number of hydrogen-bond donors (Lipinski definition) is 0.